The molecule has 132 valence electrons. The fourth-order valence-corrected chi connectivity index (χ4v) is 2.86. The lowest BCUT2D eigenvalue weighted by Gasteiger charge is -2.32. The molecule has 4 nitrogen and oxygen atoms in total. The molecule has 2 aromatic rings. The zero-order chi connectivity index (χ0) is 18.6. The van der Waals surface area contributed by atoms with Gasteiger partial charge in [0.2, 0.25) is 0 Å². The van der Waals surface area contributed by atoms with Crippen LogP contribution in [0.25, 0.3) is 11.1 Å². The monoisotopic (exact) mass is 346 g/mol. The van der Waals surface area contributed by atoms with Crippen molar-refractivity contribution in [3.8, 4) is 11.1 Å². The summed E-state index contributed by atoms with van der Waals surface area (Å²) in [6.07, 6.45) is 0. The standard InChI is InChI=1S/C18H21BF2N2O2/c1-17(2)18(3,4)25-19(24-17)16-14(23)8-7-13(22)15(16)11-6-5-10(20)9-12(11)21/h5-9H,22-23H2,1-4H3. The van der Waals surface area contributed by atoms with E-state index in [2.05, 4.69) is 0 Å². The van der Waals surface area contributed by atoms with Gasteiger partial charge in [-0.25, -0.2) is 8.78 Å². The minimum atomic E-state index is -0.812. The van der Waals surface area contributed by atoms with Crippen LogP contribution in [0.5, 0.6) is 0 Å². The van der Waals surface area contributed by atoms with E-state index in [1.807, 2.05) is 27.7 Å². The van der Waals surface area contributed by atoms with Gasteiger partial charge >= 0.3 is 7.12 Å². The van der Waals surface area contributed by atoms with Crippen molar-refractivity contribution < 1.29 is 18.1 Å². The smallest absolute Gasteiger partial charge is 0.399 e. The van der Waals surface area contributed by atoms with Crippen molar-refractivity contribution >= 4 is 24.0 Å². The first kappa shape index (κ1) is 17.7. The lowest BCUT2D eigenvalue weighted by atomic mass is 9.72. The van der Waals surface area contributed by atoms with E-state index in [4.69, 9.17) is 20.8 Å². The quantitative estimate of drug-likeness (QED) is 0.648. The molecule has 0 bridgehead atoms. The molecule has 4 N–H and O–H groups in total. The SMILES string of the molecule is CC1(C)OB(c2c(N)ccc(N)c2-c2ccc(F)cc2F)OC1(C)C. The number of nitrogen functional groups attached to an aromatic ring is 2. The van der Waals surface area contributed by atoms with Gasteiger partial charge in [-0.3, -0.25) is 0 Å². The molecule has 25 heavy (non-hydrogen) atoms. The maximum absolute atomic E-state index is 14.4. The maximum Gasteiger partial charge on any atom is 0.497 e. The molecule has 0 saturated carbocycles. The number of anilines is 2. The van der Waals surface area contributed by atoms with E-state index >= 15 is 0 Å². The van der Waals surface area contributed by atoms with Gasteiger partial charge in [0, 0.05) is 34.0 Å². The molecule has 0 amide bonds. The van der Waals surface area contributed by atoms with Crippen LogP contribution in [-0.4, -0.2) is 18.3 Å². The van der Waals surface area contributed by atoms with Gasteiger partial charge in [-0.15, -0.1) is 0 Å². The second-order valence-electron chi connectivity index (χ2n) is 7.25. The maximum atomic E-state index is 14.4. The van der Waals surface area contributed by atoms with Crippen LogP contribution >= 0.6 is 0 Å². The van der Waals surface area contributed by atoms with E-state index in [0.717, 1.165) is 6.07 Å². The third kappa shape index (κ3) is 2.87. The first-order valence-corrected chi connectivity index (χ1v) is 8.02. The highest BCUT2D eigenvalue weighted by atomic mass is 19.1. The Morgan fingerprint density at radius 1 is 0.880 bits per heavy atom. The summed E-state index contributed by atoms with van der Waals surface area (Å²) in [5, 5.41) is 0. The third-order valence-electron chi connectivity index (χ3n) is 5.00. The van der Waals surface area contributed by atoms with E-state index in [1.165, 1.54) is 12.1 Å². The molecular weight excluding hydrogens is 325 g/mol. The van der Waals surface area contributed by atoms with E-state index in [9.17, 15) is 8.78 Å². The molecule has 1 heterocycles. The molecule has 0 radical (unpaired) electrons. The van der Waals surface area contributed by atoms with Crippen LogP contribution in [0.2, 0.25) is 0 Å². The van der Waals surface area contributed by atoms with Crippen LogP contribution in [0.15, 0.2) is 30.3 Å². The Labute approximate surface area is 146 Å². The Morgan fingerprint density at radius 3 is 2.00 bits per heavy atom. The number of halogens is 2. The second kappa shape index (κ2) is 5.71. The van der Waals surface area contributed by atoms with E-state index in [0.29, 0.717) is 22.4 Å². The summed E-state index contributed by atoms with van der Waals surface area (Å²) in [7, 11) is -0.812. The third-order valence-corrected chi connectivity index (χ3v) is 5.00. The molecule has 0 aromatic heterocycles. The van der Waals surface area contributed by atoms with Crippen molar-refractivity contribution in [2.75, 3.05) is 11.5 Å². The lowest BCUT2D eigenvalue weighted by molar-refractivity contribution is 0.00578. The minimum absolute atomic E-state index is 0.149. The molecule has 2 aromatic carbocycles. The van der Waals surface area contributed by atoms with Crippen molar-refractivity contribution in [3.63, 3.8) is 0 Å². The summed E-state index contributed by atoms with van der Waals surface area (Å²) < 4.78 is 39.8. The van der Waals surface area contributed by atoms with Crippen LogP contribution in [-0.2, 0) is 9.31 Å². The number of hydrogen-bond acceptors (Lipinski definition) is 4. The molecule has 1 saturated heterocycles. The van der Waals surface area contributed by atoms with Gasteiger partial charge in [0.25, 0.3) is 0 Å². The molecule has 0 unspecified atom stereocenters. The molecule has 0 spiro atoms. The summed E-state index contributed by atoms with van der Waals surface area (Å²) in [6, 6.07) is 6.54. The van der Waals surface area contributed by atoms with Crippen LogP contribution in [0.3, 0.4) is 0 Å². The van der Waals surface area contributed by atoms with Crippen molar-refractivity contribution in [3.05, 3.63) is 42.0 Å². The minimum Gasteiger partial charge on any atom is -0.399 e. The fourth-order valence-electron chi connectivity index (χ4n) is 2.86. The molecule has 0 atom stereocenters. The largest absolute Gasteiger partial charge is 0.497 e. The van der Waals surface area contributed by atoms with Gasteiger partial charge in [-0.2, -0.15) is 0 Å². The summed E-state index contributed by atoms with van der Waals surface area (Å²) in [5.41, 5.74) is 12.7. The van der Waals surface area contributed by atoms with Gasteiger partial charge in [0.1, 0.15) is 11.6 Å². The highest BCUT2D eigenvalue weighted by Crippen LogP contribution is 2.39. The van der Waals surface area contributed by atoms with Crippen molar-refractivity contribution in [1.82, 2.24) is 0 Å². The second-order valence-corrected chi connectivity index (χ2v) is 7.25. The van der Waals surface area contributed by atoms with E-state index in [-0.39, 0.29) is 5.56 Å². The van der Waals surface area contributed by atoms with Gasteiger partial charge < -0.3 is 20.8 Å². The van der Waals surface area contributed by atoms with Crippen LogP contribution in [0.1, 0.15) is 27.7 Å². The fraction of sp³-hybridized carbons (Fsp3) is 0.333. The summed E-state index contributed by atoms with van der Waals surface area (Å²) in [5.74, 6) is -1.39. The molecule has 0 aliphatic carbocycles. The van der Waals surface area contributed by atoms with Crippen LogP contribution < -0.4 is 16.9 Å². The first-order chi connectivity index (χ1) is 11.5. The first-order valence-electron chi connectivity index (χ1n) is 8.02. The van der Waals surface area contributed by atoms with E-state index < -0.39 is 30.0 Å². The summed E-state index contributed by atoms with van der Waals surface area (Å²) in [4.78, 5) is 0. The van der Waals surface area contributed by atoms with Crippen molar-refractivity contribution in [2.24, 2.45) is 0 Å². The number of rotatable bonds is 2. The number of hydrogen-bond donors (Lipinski definition) is 2. The van der Waals surface area contributed by atoms with Gasteiger partial charge in [0.05, 0.1) is 11.2 Å². The zero-order valence-corrected chi connectivity index (χ0v) is 14.7. The molecule has 1 fully saturated rings. The Bertz CT molecular complexity index is 824. The molecule has 1 aliphatic rings. The van der Waals surface area contributed by atoms with Crippen molar-refractivity contribution in [1.29, 1.82) is 0 Å². The number of nitrogens with two attached hydrogens (primary N) is 2. The molecule has 3 rings (SSSR count). The lowest BCUT2D eigenvalue weighted by Crippen LogP contribution is -2.41. The normalized spacial score (nSPS) is 18.6. The highest BCUT2D eigenvalue weighted by Gasteiger charge is 2.53. The Balaban J connectivity index is 2.20. The summed E-state index contributed by atoms with van der Waals surface area (Å²) >= 11 is 0. The van der Waals surface area contributed by atoms with Gasteiger partial charge in [0.15, 0.2) is 0 Å². The Kier molecular flexibility index (Phi) is 4.04. The average molecular weight is 346 g/mol. The predicted molar refractivity (Wildman–Crippen MR) is 96.3 cm³/mol. The predicted octanol–water partition coefficient (Wildman–Crippen LogP) is 3.10. The topological polar surface area (TPSA) is 70.5 Å². The Hall–Kier alpha value is -2.12. The zero-order valence-electron chi connectivity index (χ0n) is 14.7. The van der Waals surface area contributed by atoms with Gasteiger partial charge in [-0.1, -0.05) is 0 Å². The van der Waals surface area contributed by atoms with Crippen LogP contribution in [0.4, 0.5) is 20.2 Å². The van der Waals surface area contributed by atoms with E-state index in [1.54, 1.807) is 12.1 Å². The number of benzene rings is 2. The molecule has 1 aliphatic heterocycles. The molecule has 7 heteroatoms. The van der Waals surface area contributed by atoms with Crippen molar-refractivity contribution in [2.45, 2.75) is 38.9 Å². The van der Waals surface area contributed by atoms with Crippen LogP contribution in [0, 0.1) is 11.6 Å². The van der Waals surface area contributed by atoms with Gasteiger partial charge in [-0.05, 0) is 52.0 Å². The highest BCUT2D eigenvalue weighted by molar-refractivity contribution is 6.66. The summed E-state index contributed by atoms with van der Waals surface area (Å²) in [6.45, 7) is 7.64. The Morgan fingerprint density at radius 2 is 1.44 bits per heavy atom. The molecular formula is C18H21BF2N2O2. The average Bonchev–Trinajstić information content (AvgIpc) is 2.70.